The van der Waals surface area contributed by atoms with Crippen molar-refractivity contribution in [2.24, 2.45) is 17.2 Å². The molecule has 0 aromatic carbocycles. The van der Waals surface area contributed by atoms with E-state index >= 15 is 0 Å². The normalized spacial score (nSPS) is 15.2. The minimum atomic E-state index is -1.58. The third-order valence-corrected chi connectivity index (χ3v) is 4.99. The molecule has 0 aliphatic heterocycles. The van der Waals surface area contributed by atoms with Crippen LogP contribution in [0.4, 0.5) is 0 Å². The van der Waals surface area contributed by atoms with Crippen LogP contribution in [-0.4, -0.2) is 86.6 Å². The summed E-state index contributed by atoms with van der Waals surface area (Å²) in [5.74, 6) is -4.95. The molecule has 15 nitrogen and oxygen atoms in total. The van der Waals surface area contributed by atoms with Crippen molar-refractivity contribution in [3.63, 3.8) is 0 Å². The molecule has 35 heavy (non-hydrogen) atoms. The lowest BCUT2D eigenvalue weighted by molar-refractivity contribution is -0.143. The highest BCUT2D eigenvalue weighted by molar-refractivity contribution is 5.96. The highest BCUT2D eigenvalue weighted by Gasteiger charge is 2.33. The van der Waals surface area contributed by atoms with Gasteiger partial charge in [-0.2, -0.15) is 0 Å². The lowest BCUT2D eigenvalue weighted by Gasteiger charge is -2.26. The maximum atomic E-state index is 12.8. The van der Waals surface area contributed by atoms with Gasteiger partial charge in [0.25, 0.3) is 0 Å². The summed E-state index contributed by atoms with van der Waals surface area (Å²) in [5.41, 5.74) is 17.0. The fourth-order valence-corrected chi connectivity index (χ4v) is 3.09. The third-order valence-electron chi connectivity index (χ3n) is 4.99. The Morgan fingerprint density at radius 3 is 2.23 bits per heavy atom. The maximum absolute atomic E-state index is 12.8. The fraction of sp³-hybridized carbons (Fsp3) is 0.600. The van der Waals surface area contributed by atoms with Gasteiger partial charge in [-0.15, -0.1) is 0 Å². The molecule has 0 saturated carbocycles. The van der Waals surface area contributed by atoms with E-state index in [2.05, 4.69) is 25.9 Å². The number of aliphatic hydroxyl groups excluding tert-OH is 1. The Balaban J connectivity index is 2.88. The number of hydrogen-bond acceptors (Lipinski definition) is 9. The van der Waals surface area contributed by atoms with Crippen molar-refractivity contribution in [2.45, 2.75) is 69.3 Å². The van der Waals surface area contributed by atoms with Crippen LogP contribution in [0.1, 0.15) is 38.3 Å². The first-order valence-electron chi connectivity index (χ1n) is 11.0. The molecule has 0 aliphatic rings. The van der Waals surface area contributed by atoms with Gasteiger partial charge in [-0.25, -0.2) is 9.78 Å². The Hall–Kier alpha value is -3.56. The molecular weight excluding hydrogens is 464 g/mol. The predicted octanol–water partition coefficient (Wildman–Crippen LogP) is -3.80. The van der Waals surface area contributed by atoms with Crippen LogP contribution in [-0.2, 0) is 30.4 Å². The first-order chi connectivity index (χ1) is 16.5. The van der Waals surface area contributed by atoms with Crippen LogP contribution in [0.5, 0.6) is 0 Å². The molecule has 0 bridgehead atoms. The van der Waals surface area contributed by atoms with Gasteiger partial charge in [0.15, 0.2) is 0 Å². The number of primary amides is 1. The zero-order valence-electron chi connectivity index (χ0n) is 19.4. The molecule has 0 saturated heterocycles. The van der Waals surface area contributed by atoms with Crippen LogP contribution in [0.15, 0.2) is 12.5 Å². The summed E-state index contributed by atoms with van der Waals surface area (Å²) in [7, 11) is 0. The minimum Gasteiger partial charge on any atom is -0.480 e. The predicted molar refractivity (Wildman–Crippen MR) is 122 cm³/mol. The number of aliphatic carboxylic acids is 1. The lowest BCUT2D eigenvalue weighted by atomic mass is 10.1. The molecule has 5 unspecified atom stereocenters. The number of aromatic nitrogens is 2. The van der Waals surface area contributed by atoms with E-state index in [1.54, 1.807) is 0 Å². The van der Waals surface area contributed by atoms with E-state index in [9.17, 15) is 34.2 Å². The van der Waals surface area contributed by atoms with Gasteiger partial charge in [0.1, 0.15) is 18.1 Å². The number of nitrogens with zero attached hydrogens (tertiary/aromatic N) is 1. The quantitative estimate of drug-likeness (QED) is 0.100. The van der Waals surface area contributed by atoms with Gasteiger partial charge in [-0.3, -0.25) is 19.2 Å². The van der Waals surface area contributed by atoms with Crippen molar-refractivity contribution in [3.8, 4) is 0 Å². The average molecular weight is 499 g/mol. The molecule has 12 N–H and O–H groups in total. The van der Waals surface area contributed by atoms with Crippen LogP contribution < -0.4 is 33.2 Å². The van der Waals surface area contributed by atoms with Gasteiger partial charge >= 0.3 is 5.97 Å². The summed E-state index contributed by atoms with van der Waals surface area (Å²) in [5, 5.41) is 26.2. The van der Waals surface area contributed by atoms with Crippen LogP contribution >= 0.6 is 0 Å². The molecule has 1 aromatic heterocycles. The summed E-state index contributed by atoms with van der Waals surface area (Å²) in [6, 6.07) is -5.44. The number of aliphatic hydroxyl groups is 1. The van der Waals surface area contributed by atoms with Gasteiger partial charge in [-0.1, -0.05) is 0 Å². The molecule has 5 atom stereocenters. The number of amides is 4. The van der Waals surface area contributed by atoms with Crippen molar-refractivity contribution < 1.29 is 34.2 Å². The van der Waals surface area contributed by atoms with Gasteiger partial charge in [-0.05, 0) is 32.7 Å². The van der Waals surface area contributed by atoms with Crippen molar-refractivity contribution in [2.75, 3.05) is 6.54 Å². The number of carboxylic acids is 1. The van der Waals surface area contributed by atoms with Crippen LogP contribution in [0, 0.1) is 0 Å². The number of carbonyl (C=O) groups is 5. The molecule has 0 aliphatic carbocycles. The zero-order chi connectivity index (χ0) is 26.5. The van der Waals surface area contributed by atoms with Crippen molar-refractivity contribution in [1.82, 2.24) is 25.9 Å². The Morgan fingerprint density at radius 2 is 1.71 bits per heavy atom. The van der Waals surface area contributed by atoms with E-state index in [-0.39, 0.29) is 12.8 Å². The molecule has 1 rings (SSSR count). The Morgan fingerprint density at radius 1 is 1.06 bits per heavy atom. The number of H-pyrrole nitrogens is 1. The number of carbonyl (C=O) groups excluding carboxylic acids is 4. The number of imidazole rings is 1. The van der Waals surface area contributed by atoms with Gasteiger partial charge < -0.3 is 48.3 Å². The minimum absolute atomic E-state index is 0.0657. The summed E-state index contributed by atoms with van der Waals surface area (Å²) in [4.78, 5) is 67.4. The average Bonchev–Trinajstić information content (AvgIpc) is 3.28. The largest absolute Gasteiger partial charge is 0.480 e. The van der Waals surface area contributed by atoms with E-state index in [0.717, 1.165) is 0 Å². The number of hydrogen-bond donors (Lipinski definition) is 9. The lowest BCUT2D eigenvalue weighted by Crippen LogP contribution is -2.60. The second-order valence-electron chi connectivity index (χ2n) is 8.03. The summed E-state index contributed by atoms with van der Waals surface area (Å²) < 4.78 is 0. The van der Waals surface area contributed by atoms with Crippen LogP contribution in [0.3, 0.4) is 0 Å². The summed E-state index contributed by atoms with van der Waals surface area (Å²) >= 11 is 0. The molecule has 1 aromatic rings. The smallest absolute Gasteiger partial charge is 0.326 e. The molecular formula is C20H34N8O7. The van der Waals surface area contributed by atoms with Gasteiger partial charge in [0.2, 0.25) is 23.6 Å². The second-order valence-corrected chi connectivity index (χ2v) is 8.03. The van der Waals surface area contributed by atoms with Gasteiger partial charge in [0.05, 0.1) is 24.9 Å². The van der Waals surface area contributed by atoms with Crippen LogP contribution in [0.2, 0.25) is 0 Å². The van der Waals surface area contributed by atoms with E-state index in [0.29, 0.717) is 25.1 Å². The Bertz CT molecular complexity index is 862. The van der Waals surface area contributed by atoms with Crippen molar-refractivity contribution >= 4 is 29.6 Å². The third kappa shape index (κ3) is 10.5. The molecule has 1 heterocycles. The van der Waals surface area contributed by atoms with Gasteiger partial charge in [0, 0.05) is 18.3 Å². The molecule has 15 heteroatoms. The first-order valence-corrected chi connectivity index (χ1v) is 11.0. The Labute approximate surface area is 201 Å². The molecule has 0 radical (unpaired) electrons. The van der Waals surface area contributed by atoms with E-state index in [1.807, 2.05) is 0 Å². The van der Waals surface area contributed by atoms with E-state index in [1.165, 1.54) is 19.4 Å². The zero-order valence-corrected chi connectivity index (χ0v) is 19.4. The number of nitrogens with one attached hydrogen (secondary N) is 4. The monoisotopic (exact) mass is 498 g/mol. The molecule has 0 fully saturated rings. The maximum Gasteiger partial charge on any atom is 0.326 e. The topological polar surface area (TPSA) is 269 Å². The fourth-order valence-electron chi connectivity index (χ4n) is 3.09. The van der Waals surface area contributed by atoms with Crippen molar-refractivity contribution in [3.05, 3.63) is 18.2 Å². The molecule has 196 valence electrons. The number of unbranched alkanes of at least 4 members (excludes halogenated alkanes) is 1. The number of aromatic amines is 1. The number of nitrogens with two attached hydrogens (primary N) is 3. The Kier molecular flexibility index (Phi) is 12.3. The SMILES string of the molecule is CC(O)C(NC(=O)C(CC(N)=O)NC(=O)C(N)Cc1cnc[nH]1)C(=O)NC(CCCCN)C(=O)O. The van der Waals surface area contributed by atoms with E-state index < -0.39 is 66.3 Å². The highest BCUT2D eigenvalue weighted by Crippen LogP contribution is 2.04. The van der Waals surface area contributed by atoms with Crippen molar-refractivity contribution in [1.29, 1.82) is 0 Å². The number of carboxylic acid groups (broad SMARTS) is 1. The summed E-state index contributed by atoms with van der Waals surface area (Å²) in [6.45, 7) is 1.56. The second kappa shape index (κ2) is 14.6. The van der Waals surface area contributed by atoms with E-state index in [4.69, 9.17) is 17.2 Å². The standard InChI is InChI=1S/C20H34N8O7/c1-10(29)16(19(33)26-13(20(34)35)4-2-3-5-21)28-18(32)14(7-15(23)30)27-17(31)12(22)6-11-8-24-9-25-11/h8-10,12-14,16,29H,2-7,21-22H2,1H3,(H2,23,30)(H,24,25)(H,26,33)(H,27,31)(H,28,32)(H,34,35). The number of rotatable bonds is 16. The molecule has 4 amide bonds. The van der Waals surface area contributed by atoms with Crippen LogP contribution in [0.25, 0.3) is 0 Å². The summed E-state index contributed by atoms with van der Waals surface area (Å²) in [6.07, 6.45) is 1.95. The highest BCUT2D eigenvalue weighted by atomic mass is 16.4. The molecule has 0 spiro atoms. The first kappa shape index (κ1) is 29.5.